The van der Waals surface area contributed by atoms with Crippen LogP contribution < -0.4 is 15.4 Å². The van der Waals surface area contributed by atoms with Gasteiger partial charge in [0.05, 0.1) is 12.1 Å². The molecule has 0 aliphatic carbocycles. The number of fused-ring (bicyclic) bond motifs is 1. The van der Waals surface area contributed by atoms with E-state index in [-0.39, 0.29) is 29.7 Å². The fourth-order valence-electron chi connectivity index (χ4n) is 4.51. The molecule has 0 saturated heterocycles. The number of benzene rings is 1. The average molecular weight is 472 g/mol. The Bertz CT molecular complexity index is 1000. The molecule has 7 heteroatoms. The molecule has 0 fully saturated rings. The first-order chi connectivity index (χ1) is 15.8. The van der Waals surface area contributed by atoms with E-state index in [2.05, 4.69) is 42.5 Å². The molecule has 3 atom stereocenters. The summed E-state index contributed by atoms with van der Waals surface area (Å²) in [6.07, 6.45) is 2.94. The van der Waals surface area contributed by atoms with Gasteiger partial charge in [0.25, 0.3) is 0 Å². The number of nitrogens with zero attached hydrogens (tertiary/aromatic N) is 1. The molecule has 1 aliphatic rings. The number of aromatic nitrogens is 1. The molecule has 2 aromatic rings. The number of halogens is 1. The first kappa shape index (κ1) is 26.1. The number of rotatable bonds is 8. The quantitative estimate of drug-likeness (QED) is 0.540. The first-order valence-corrected chi connectivity index (χ1v) is 11.9. The fraction of sp³-hybridized carbons (Fsp3) is 0.556. The third-order valence-corrected chi connectivity index (χ3v) is 5.89. The second-order valence-electron chi connectivity index (χ2n) is 11.2. The van der Waals surface area contributed by atoms with Crippen molar-refractivity contribution in [3.8, 4) is 5.88 Å². The highest BCUT2D eigenvalue weighted by molar-refractivity contribution is 5.73. The number of ether oxygens (including phenoxy) is 1. The van der Waals surface area contributed by atoms with Crippen LogP contribution in [0.5, 0.6) is 5.88 Å². The standard InChI is InChI=1S/C27H38FN3O3/c1-17(32)31-22(12-18-8-7-9-20(28)10-18)24(33)16-29-23-14-27(5,6)34-25-21(23)11-19(15-30-25)13-26(2,3)4/h7-11,15,22-24,29,33H,12-14,16H2,1-6H3,(H,31,32)/t22-,23-,24+/m0/s1. The second-order valence-corrected chi connectivity index (χ2v) is 11.2. The molecule has 0 bridgehead atoms. The van der Waals surface area contributed by atoms with Crippen LogP contribution in [0, 0.1) is 11.2 Å². The van der Waals surface area contributed by atoms with Crippen LogP contribution in [0.3, 0.4) is 0 Å². The van der Waals surface area contributed by atoms with Gasteiger partial charge < -0.3 is 20.5 Å². The molecule has 3 rings (SSSR count). The van der Waals surface area contributed by atoms with Gasteiger partial charge in [-0.25, -0.2) is 9.37 Å². The summed E-state index contributed by atoms with van der Waals surface area (Å²) in [6.45, 7) is 12.3. The Labute approximate surface area is 202 Å². The number of amides is 1. The maximum Gasteiger partial charge on any atom is 0.218 e. The van der Waals surface area contributed by atoms with Gasteiger partial charge >= 0.3 is 0 Å². The molecule has 0 unspecified atom stereocenters. The van der Waals surface area contributed by atoms with Crippen LogP contribution in [0.4, 0.5) is 4.39 Å². The second kappa shape index (κ2) is 10.4. The molecule has 3 N–H and O–H groups in total. The summed E-state index contributed by atoms with van der Waals surface area (Å²) in [5, 5.41) is 17.3. The van der Waals surface area contributed by atoms with Gasteiger partial charge in [0.1, 0.15) is 11.4 Å². The van der Waals surface area contributed by atoms with Crippen LogP contribution in [0.25, 0.3) is 0 Å². The van der Waals surface area contributed by atoms with E-state index in [0.717, 1.165) is 17.5 Å². The van der Waals surface area contributed by atoms with E-state index in [9.17, 15) is 14.3 Å². The normalized spacial score (nSPS) is 19.0. The number of carbonyl (C=O) groups is 1. The molecule has 186 valence electrons. The van der Waals surface area contributed by atoms with Crippen LogP contribution in [0.2, 0.25) is 0 Å². The maximum atomic E-state index is 13.6. The number of pyridine rings is 1. The molecule has 1 amide bonds. The average Bonchev–Trinajstić information content (AvgIpc) is 2.69. The smallest absolute Gasteiger partial charge is 0.218 e. The van der Waals surface area contributed by atoms with Gasteiger partial charge in [-0.05, 0) is 61.4 Å². The van der Waals surface area contributed by atoms with Crippen LogP contribution in [0.15, 0.2) is 36.5 Å². The summed E-state index contributed by atoms with van der Waals surface area (Å²) in [4.78, 5) is 16.4. The van der Waals surface area contributed by atoms with Crippen molar-refractivity contribution in [1.29, 1.82) is 0 Å². The first-order valence-electron chi connectivity index (χ1n) is 11.9. The zero-order valence-electron chi connectivity index (χ0n) is 21.1. The van der Waals surface area contributed by atoms with E-state index in [0.29, 0.717) is 24.3 Å². The van der Waals surface area contributed by atoms with Crippen molar-refractivity contribution in [2.45, 2.75) is 84.6 Å². The number of hydrogen-bond donors (Lipinski definition) is 3. The van der Waals surface area contributed by atoms with Crippen molar-refractivity contribution >= 4 is 5.91 Å². The number of hydrogen-bond acceptors (Lipinski definition) is 5. The van der Waals surface area contributed by atoms with Crippen LogP contribution in [-0.2, 0) is 17.6 Å². The fourth-order valence-corrected chi connectivity index (χ4v) is 4.51. The van der Waals surface area contributed by atoms with Gasteiger partial charge in [0.2, 0.25) is 11.8 Å². The number of aliphatic hydroxyl groups excluding tert-OH is 1. The van der Waals surface area contributed by atoms with E-state index < -0.39 is 17.7 Å². The summed E-state index contributed by atoms with van der Waals surface area (Å²) in [7, 11) is 0. The molecule has 6 nitrogen and oxygen atoms in total. The predicted octanol–water partition coefficient (Wildman–Crippen LogP) is 4.11. The number of nitrogens with one attached hydrogen (secondary N) is 2. The Morgan fingerprint density at radius 1 is 1.29 bits per heavy atom. The summed E-state index contributed by atoms with van der Waals surface area (Å²) in [5.41, 5.74) is 2.56. The van der Waals surface area contributed by atoms with Crippen LogP contribution in [0.1, 0.15) is 70.7 Å². The lowest BCUT2D eigenvalue weighted by molar-refractivity contribution is -0.120. The minimum absolute atomic E-state index is 0.0621. The lowest BCUT2D eigenvalue weighted by atomic mass is 9.86. The summed E-state index contributed by atoms with van der Waals surface area (Å²) >= 11 is 0. The summed E-state index contributed by atoms with van der Waals surface area (Å²) in [6, 6.07) is 7.75. The Balaban J connectivity index is 1.76. The van der Waals surface area contributed by atoms with Gasteiger partial charge in [-0.2, -0.15) is 0 Å². The minimum atomic E-state index is -0.868. The monoisotopic (exact) mass is 471 g/mol. The van der Waals surface area contributed by atoms with Crippen molar-refractivity contribution in [2.24, 2.45) is 5.41 Å². The molecule has 0 radical (unpaired) electrons. The van der Waals surface area contributed by atoms with Gasteiger partial charge in [-0.3, -0.25) is 4.79 Å². The molecular formula is C27H38FN3O3. The van der Waals surface area contributed by atoms with Crippen LogP contribution >= 0.6 is 0 Å². The third-order valence-electron chi connectivity index (χ3n) is 5.89. The van der Waals surface area contributed by atoms with E-state index in [1.165, 1.54) is 19.1 Å². The highest BCUT2D eigenvalue weighted by atomic mass is 19.1. The highest BCUT2D eigenvalue weighted by Crippen LogP contribution is 2.39. The molecule has 1 aromatic carbocycles. The van der Waals surface area contributed by atoms with Gasteiger partial charge in [0.15, 0.2) is 0 Å². The molecule has 2 heterocycles. The van der Waals surface area contributed by atoms with Crippen molar-refractivity contribution < 1.29 is 19.0 Å². The number of aliphatic hydroxyl groups is 1. The zero-order chi connectivity index (χ0) is 25.1. The van der Waals surface area contributed by atoms with E-state index in [4.69, 9.17) is 4.74 Å². The summed E-state index contributed by atoms with van der Waals surface area (Å²) in [5.74, 6) is 0.0272. The highest BCUT2D eigenvalue weighted by Gasteiger charge is 2.35. The van der Waals surface area contributed by atoms with E-state index in [1.54, 1.807) is 12.1 Å². The van der Waals surface area contributed by atoms with E-state index >= 15 is 0 Å². The molecular weight excluding hydrogens is 433 g/mol. The van der Waals surface area contributed by atoms with Crippen molar-refractivity contribution in [3.63, 3.8) is 0 Å². The van der Waals surface area contributed by atoms with Gasteiger partial charge in [-0.15, -0.1) is 0 Å². The third kappa shape index (κ3) is 7.50. The molecule has 0 spiro atoms. The molecule has 0 saturated carbocycles. The lowest BCUT2D eigenvalue weighted by Gasteiger charge is -2.38. The Kier molecular flexibility index (Phi) is 7.98. The Morgan fingerprint density at radius 2 is 2.03 bits per heavy atom. The largest absolute Gasteiger partial charge is 0.471 e. The Morgan fingerprint density at radius 3 is 2.68 bits per heavy atom. The van der Waals surface area contributed by atoms with Crippen molar-refractivity contribution in [3.05, 3.63) is 59.0 Å². The summed E-state index contributed by atoms with van der Waals surface area (Å²) < 4.78 is 19.8. The lowest BCUT2D eigenvalue weighted by Crippen LogP contribution is -2.49. The minimum Gasteiger partial charge on any atom is -0.471 e. The SMILES string of the molecule is CC(=O)N[C@@H](Cc1cccc(F)c1)[C@H](O)CN[C@H]1CC(C)(C)Oc2ncc(CC(C)(C)C)cc21. The van der Waals surface area contributed by atoms with Gasteiger partial charge in [0, 0.05) is 37.7 Å². The van der Waals surface area contributed by atoms with Crippen LogP contribution in [-0.4, -0.2) is 40.3 Å². The maximum absolute atomic E-state index is 13.6. The van der Waals surface area contributed by atoms with Crippen molar-refractivity contribution in [2.75, 3.05) is 6.54 Å². The van der Waals surface area contributed by atoms with Gasteiger partial charge in [-0.1, -0.05) is 32.9 Å². The molecule has 1 aliphatic heterocycles. The number of carbonyl (C=O) groups excluding carboxylic acids is 1. The topological polar surface area (TPSA) is 83.5 Å². The molecule has 1 aromatic heterocycles. The van der Waals surface area contributed by atoms with E-state index in [1.807, 2.05) is 20.0 Å². The molecule has 34 heavy (non-hydrogen) atoms. The Hall–Kier alpha value is -2.51. The van der Waals surface area contributed by atoms with Crippen molar-refractivity contribution in [1.82, 2.24) is 15.6 Å². The zero-order valence-corrected chi connectivity index (χ0v) is 21.1. The predicted molar refractivity (Wildman–Crippen MR) is 131 cm³/mol.